The first kappa shape index (κ1) is 26.6. The minimum Gasteiger partial charge on any atom is -0.493 e. The zero-order chi connectivity index (χ0) is 26.0. The number of carbonyl (C=O) groups excluding carboxylic acids is 4. The van der Waals surface area contributed by atoms with E-state index < -0.39 is 11.9 Å². The number of imide groups is 1. The molecule has 1 N–H and O–H groups in total. The molecule has 1 aromatic carbocycles. The van der Waals surface area contributed by atoms with Crippen LogP contribution in [0.5, 0.6) is 5.75 Å². The number of ether oxygens (including phenoxy) is 2. The molecule has 0 radical (unpaired) electrons. The van der Waals surface area contributed by atoms with Crippen LogP contribution in [0, 0.1) is 0 Å². The van der Waals surface area contributed by atoms with Crippen LogP contribution in [-0.2, 0) is 25.7 Å². The summed E-state index contributed by atoms with van der Waals surface area (Å²) in [7, 11) is 0. The number of nitrogens with zero attached hydrogens (tertiary/aromatic N) is 1. The van der Waals surface area contributed by atoms with Crippen LogP contribution in [0.15, 0.2) is 42.0 Å². The van der Waals surface area contributed by atoms with Gasteiger partial charge in [-0.15, -0.1) is 0 Å². The predicted octanol–water partition coefficient (Wildman–Crippen LogP) is 4.38. The molecular formula is C29H36N2O6. The van der Waals surface area contributed by atoms with Crippen molar-refractivity contribution in [3.63, 3.8) is 0 Å². The fourth-order valence-electron chi connectivity index (χ4n) is 4.97. The fourth-order valence-corrected chi connectivity index (χ4v) is 4.97. The number of amides is 3. The second-order valence-electron chi connectivity index (χ2n) is 9.85. The monoisotopic (exact) mass is 508 g/mol. The van der Waals surface area contributed by atoms with Crippen molar-refractivity contribution < 1.29 is 28.7 Å². The second-order valence-corrected chi connectivity index (χ2v) is 9.85. The highest BCUT2D eigenvalue weighted by atomic mass is 16.5. The summed E-state index contributed by atoms with van der Waals surface area (Å²) in [5, 5.41) is 2.33. The van der Waals surface area contributed by atoms with Gasteiger partial charge in [0, 0.05) is 24.0 Å². The van der Waals surface area contributed by atoms with E-state index in [2.05, 4.69) is 11.4 Å². The first-order chi connectivity index (χ1) is 18.0. The number of benzene rings is 1. The fraction of sp³-hybridized carbons (Fsp3) is 0.517. The van der Waals surface area contributed by atoms with Crippen LogP contribution in [0.1, 0.15) is 86.6 Å². The molecule has 1 unspecified atom stereocenters. The average molecular weight is 509 g/mol. The van der Waals surface area contributed by atoms with E-state index in [0.29, 0.717) is 43.9 Å². The van der Waals surface area contributed by atoms with E-state index in [9.17, 15) is 19.2 Å². The summed E-state index contributed by atoms with van der Waals surface area (Å²) in [6, 6.07) is 4.80. The number of rotatable bonds is 13. The van der Waals surface area contributed by atoms with Gasteiger partial charge in [0.15, 0.2) is 0 Å². The number of hydrogen-bond donors (Lipinski definition) is 1. The van der Waals surface area contributed by atoms with E-state index in [-0.39, 0.29) is 24.2 Å². The predicted molar refractivity (Wildman–Crippen MR) is 138 cm³/mol. The van der Waals surface area contributed by atoms with Crippen molar-refractivity contribution in [2.75, 3.05) is 13.2 Å². The van der Waals surface area contributed by atoms with Crippen molar-refractivity contribution in [3.8, 4) is 5.75 Å². The van der Waals surface area contributed by atoms with Crippen LogP contribution < -0.4 is 10.1 Å². The highest BCUT2D eigenvalue weighted by Crippen LogP contribution is 2.33. The third-order valence-electron chi connectivity index (χ3n) is 7.09. The largest absolute Gasteiger partial charge is 0.493 e. The Labute approximate surface area is 218 Å². The molecule has 0 bridgehead atoms. The molecule has 1 atom stereocenters. The first-order valence-corrected chi connectivity index (χ1v) is 13.4. The van der Waals surface area contributed by atoms with Gasteiger partial charge >= 0.3 is 5.97 Å². The average Bonchev–Trinajstić information content (AvgIpc) is 3.24. The van der Waals surface area contributed by atoms with E-state index in [0.717, 1.165) is 56.9 Å². The van der Waals surface area contributed by atoms with Crippen LogP contribution in [0.4, 0.5) is 0 Å². The zero-order valence-electron chi connectivity index (χ0n) is 21.3. The Hall–Kier alpha value is -3.42. The molecule has 1 aliphatic carbocycles. The van der Waals surface area contributed by atoms with Crippen LogP contribution >= 0.6 is 0 Å². The molecule has 1 saturated heterocycles. The zero-order valence-corrected chi connectivity index (χ0v) is 21.3. The van der Waals surface area contributed by atoms with Gasteiger partial charge in [-0.1, -0.05) is 50.0 Å². The summed E-state index contributed by atoms with van der Waals surface area (Å²) in [5.74, 6) is -0.334. The van der Waals surface area contributed by atoms with Crippen molar-refractivity contribution in [1.29, 1.82) is 0 Å². The maximum Gasteiger partial charge on any atom is 0.306 e. The minimum atomic E-state index is -0.626. The molecule has 8 heteroatoms. The number of fused-ring (bicyclic) bond motifs is 1. The highest BCUT2D eigenvalue weighted by molar-refractivity contribution is 6.05. The molecule has 3 aliphatic rings. The third kappa shape index (κ3) is 7.31. The molecule has 2 aliphatic heterocycles. The van der Waals surface area contributed by atoms with Gasteiger partial charge in [-0.2, -0.15) is 0 Å². The van der Waals surface area contributed by atoms with Crippen molar-refractivity contribution in [3.05, 3.63) is 53.1 Å². The number of esters is 1. The molecule has 37 heavy (non-hydrogen) atoms. The number of allylic oxidation sites excluding steroid dienone is 3. The van der Waals surface area contributed by atoms with Gasteiger partial charge in [0.25, 0.3) is 5.91 Å². The van der Waals surface area contributed by atoms with Crippen molar-refractivity contribution in [2.45, 2.75) is 83.2 Å². The van der Waals surface area contributed by atoms with Crippen molar-refractivity contribution in [1.82, 2.24) is 10.2 Å². The Morgan fingerprint density at radius 1 is 1.03 bits per heavy atom. The molecule has 1 fully saturated rings. The number of hydrogen-bond acceptors (Lipinski definition) is 6. The first-order valence-electron chi connectivity index (χ1n) is 13.4. The Bertz CT molecular complexity index is 1080. The molecule has 3 amide bonds. The van der Waals surface area contributed by atoms with Gasteiger partial charge in [-0.3, -0.25) is 24.5 Å². The quantitative estimate of drug-likeness (QED) is 0.241. The number of unbranched alkanes of at least 4 members (excludes halogenated alkanes) is 5. The number of piperidine rings is 1. The topological polar surface area (TPSA) is 102 Å². The summed E-state index contributed by atoms with van der Waals surface area (Å²) in [6.07, 6.45) is 15.1. The lowest BCUT2D eigenvalue weighted by molar-refractivity contribution is -0.143. The molecule has 2 heterocycles. The normalized spacial score (nSPS) is 18.9. The van der Waals surface area contributed by atoms with E-state index in [1.54, 1.807) is 17.0 Å². The molecule has 0 aromatic heterocycles. The molecular weight excluding hydrogens is 472 g/mol. The van der Waals surface area contributed by atoms with Gasteiger partial charge in [0.2, 0.25) is 11.8 Å². The highest BCUT2D eigenvalue weighted by Gasteiger charge is 2.40. The summed E-state index contributed by atoms with van der Waals surface area (Å²) < 4.78 is 11.4. The van der Waals surface area contributed by atoms with Crippen molar-refractivity contribution in [2.24, 2.45) is 0 Å². The van der Waals surface area contributed by atoms with Gasteiger partial charge in [0.1, 0.15) is 18.4 Å². The lowest BCUT2D eigenvalue weighted by Gasteiger charge is -2.29. The molecule has 4 rings (SSSR count). The summed E-state index contributed by atoms with van der Waals surface area (Å²) >= 11 is 0. The number of carbonyl (C=O) groups is 4. The van der Waals surface area contributed by atoms with Gasteiger partial charge in [-0.05, 0) is 49.8 Å². The van der Waals surface area contributed by atoms with Gasteiger partial charge in [-0.25, -0.2) is 0 Å². The maximum absolute atomic E-state index is 12.9. The van der Waals surface area contributed by atoms with E-state index in [4.69, 9.17) is 9.47 Å². The smallest absolute Gasteiger partial charge is 0.306 e. The Kier molecular flexibility index (Phi) is 9.52. The Morgan fingerprint density at radius 2 is 1.84 bits per heavy atom. The van der Waals surface area contributed by atoms with Crippen LogP contribution in [0.2, 0.25) is 0 Å². The summed E-state index contributed by atoms with van der Waals surface area (Å²) in [5.41, 5.74) is 2.55. The Balaban J connectivity index is 1.09. The van der Waals surface area contributed by atoms with Gasteiger partial charge < -0.3 is 14.4 Å². The van der Waals surface area contributed by atoms with Crippen LogP contribution in [0.3, 0.4) is 0 Å². The SMILES string of the molecule is O=C1CCC(N2Cc3c(OCCCCCCCCC(=O)OCC4=CC=CCC4)cccc3C2=O)C(=O)N1. The molecule has 1 aromatic rings. The number of nitrogens with one attached hydrogen (secondary N) is 1. The maximum atomic E-state index is 12.9. The molecule has 0 spiro atoms. The minimum absolute atomic E-state index is 0.117. The standard InChI is InChI=1S/C29H36N2O6/c32-26-17-16-24(28(34)30-26)31-19-23-22(29(31)35)13-10-14-25(23)36-18-9-4-2-1-3-8-15-27(33)37-20-21-11-6-5-7-12-21/h5-6,10-11,13-14,24H,1-4,7-9,12,15-20H2,(H,30,32,34). The summed E-state index contributed by atoms with van der Waals surface area (Å²) in [6.45, 7) is 1.28. The van der Waals surface area contributed by atoms with E-state index in [1.165, 1.54) is 5.57 Å². The van der Waals surface area contributed by atoms with E-state index in [1.807, 2.05) is 18.2 Å². The van der Waals surface area contributed by atoms with E-state index >= 15 is 0 Å². The molecule has 0 saturated carbocycles. The lowest BCUT2D eigenvalue weighted by Crippen LogP contribution is -2.52. The molecule has 198 valence electrons. The van der Waals surface area contributed by atoms with Crippen molar-refractivity contribution >= 4 is 23.7 Å². The van der Waals surface area contributed by atoms with Gasteiger partial charge in [0.05, 0.1) is 13.2 Å². The second kappa shape index (κ2) is 13.2. The summed E-state index contributed by atoms with van der Waals surface area (Å²) in [4.78, 5) is 50.0. The molecule has 8 nitrogen and oxygen atoms in total. The lowest BCUT2D eigenvalue weighted by atomic mass is 10.0. The van der Waals surface area contributed by atoms with Crippen LogP contribution in [0.25, 0.3) is 0 Å². The Morgan fingerprint density at radius 3 is 2.62 bits per heavy atom. The van der Waals surface area contributed by atoms with Crippen LogP contribution in [-0.4, -0.2) is 47.8 Å². The third-order valence-corrected chi connectivity index (χ3v) is 7.09.